The molecule has 5 nitrogen and oxygen atoms in total. The lowest BCUT2D eigenvalue weighted by Gasteiger charge is -2.31. The Morgan fingerprint density at radius 2 is 1.73 bits per heavy atom. The average molecular weight is 415 g/mol. The maximum atomic E-state index is 13.3. The van der Waals surface area contributed by atoms with Crippen molar-refractivity contribution >= 4 is 11.8 Å². The van der Waals surface area contributed by atoms with E-state index in [1.165, 1.54) is 17.0 Å². The van der Waals surface area contributed by atoms with Gasteiger partial charge in [-0.1, -0.05) is 25.1 Å². The molecule has 0 fully saturated rings. The zero-order chi connectivity index (χ0) is 22.3. The van der Waals surface area contributed by atoms with Gasteiger partial charge in [0.05, 0.1) is 0 Å². The summed E-state index contributed by atoms with van der Waals surface area (Å²) in [4.78, 5) is 27.3. The average Bonchev–Trinajstić information content (AvgIpc) is 2.69. The molecular formula is C24H31FN2O3. The molecule has 0 saturated carbocycles. The van der Waals surface area contributed by atoms with Crippen molar-refractivity contribution < 1.29 is 18.7 Å². The minimum Gasteiger partial charge on any atom is -0.484 e. The van der Waals surface area contributed by atoms with Crippen LogP contribution in [0.5, 0.6) is 5.75 Å². The van der Waals surface area contributed by atoms with Crippen LogP contribution in [0.25, 0.3) is 0 Å². The Morgan fingerprint density at radius 1 is 1.07 bits per heavy atom. The number of ether oxygens (including phenoxy) is 1. The first-order valence-electron chi connectivity index (χ1n) is 10.3. The maximum absolute atomic E-state index is 13.3. The van der Waals surface area contributed by atoms with Gasteiger partial charge in [0.25, 0.3) is 5.91 Å². The molecule has 0 aliphatic carbocycles. The Morgan fingerprint density at radius 3 is 2.30 bits per heavy atom. The fraction of sp³-hybridized carbons (Fsp3) is 0.417. The zero-order valence-electron chi connectivity index (χ0n) is 18.4. The minimum absolute atomic E-state index is 0.0406. The van der Waals surface area contributed by atoms with Crippen LogP contribution < -0.4 is 10.1 Å². The Balaban J connectivity index is 2.21. The second-order valence-electron chi connectivity index (χ2n) is 7.77. The normalized spacial score (nSPS) is 11.8. The molecule has 1 atom stereocenters. The predicted octanol–water partition coefficient (Wildman–Crippen LogP) is 4.15. The van der Waals surface area contributed by atoms with Gasteiger partial charge in [-0.3, -0.25) is 9.59 Å². The van der Waals surface area contributed by atoms with Crippen molar-refractivity contribution in [2.45, 2.75) is 59.7 Å². The van der Waals surface area contributed by atoms with Gasteiger partial charge in [-0.2, -0.15) is 0 Å². The van der Waals surface area contributed by atoms with E-state index in [1.807, 2.05) is 52.8 Å². The van der Waals surface area contributed by atoms with E-state index in [4.69, 9.17) is 4.74 Å². The second-order valence-corrected chi connectivity index (χ2v) is 7.77. The minimum atomic E-state index is -0.645. The monoisotopic (exact) mass is 414 g/mol. The van der Waals surface area contributed by atoms with E-state index in [-0.39, 0.29) is 36.8 Å². The first kappa shape index (κ1) is 23.4. The lowest BCUT2D eigenvalue weighted by Crippen LogP contribution is -2.51. The molecule has 0 bridgehead atoms. The van der Waals surface area contributed by atoms with E-state index in [0.29, 0.717) is 12.2 Å². The number of carbonyl (C=O) groups excluding carboxylic acids is 2. The number of amides is 2. The van der Waals surface area contributed by atoms with Crippen molar-refractivity contribution in [3.63, 3.8) is 0 Å². The maximum Gasteiger partial charge on any atom is 0.261 e. The summed E-state index contributed by atoms with van der Waals surface area (Å²) in [5.74, 6) is -0.260. The number of nitrogens with one attached hydrogen (secondary N) is 1. The topological polar surface area (TPSA) is 58.6 Å². The Kier molecular flexibility index (Phi) is 8.39. The van der Waals surface area contributed by atoms with Crippen LogP contribution in [0.2, 0.25) is 0 Å². The third-order valence-electron chi connectivity index (χ3n) is 4.92. The molecule has 0 heterocycles. The highest BCUT2D eigenvalue weighted by molar-refractivity contribution is 5.88. The highest BCUT2D eigenvalue weighted by Gasteiger charge is 2.29. The van der Waals surface area contributed by atoms with Gasteiger partial charge in [0.15, 0.2) is 6.61 Å². The van der Waals surface area contributed by atoms with Crippen LogP contribution >= 0.6 is 0 Å². The summed E-state index contributed by atoms with van der Waals surface area (Å²) in [6.07, 6.45) is 0.453. The van der Waals surface area contributed by atoms with Gasteiger partial charge in [-0.15, -0.1) is 0 Å². The molecule has 0 radical (unpaired) electrons. The second kappa shape index (κ2) is 10.8. The number of hydrogen-bond donors (Lipinski definition) is 1. The van der Waals surface area contributed by atoms with Crippen molar-refractivity contribution in [2.75, 3.05) is 6.61 Å². The quantitative estimate of drug-likeness (QED) is 0.671. The van der Waals surface area contributed by atoms with Crippen LogP contribution in [0.4, 0.5) is 4.39 Å². The molecule has 0 saturated heterocycles. The number of halogens is 1. The third-order valence-corrected chi connectivity index (χ3v) is 4.92. The van der Waals surface area contributed by atoms with Crippen molar-refractivity contribution in [1.29, 1.82) is 0 Å². The highest BCUT2D eigenvalue weighted by atomic mass is 19.1. The van der Waals surface area contributed by atoms with E-state index < -0.39 is 6.04 Å². The van der Waals surface area contributed by atoms with Gasteiger partial charge in [-0.05, 0) is 75.1 Å². The van der Waals surface area contributed by atoms with Crippen LogP contribution in [0.1, 0.15) is 43.9 Å². The van der Waals surface area contributed by atoms with Gasteiger partial charge >= 0.3 is 0 Å². The van der Waals surface area contributed by atoms with Crippen LogP contribution in [0.3, 0.4) is 0 Å². The van der Waals surface area contributed by atoms with Gasteiger partial charge in [0.2, 0.25) is 5.91 Å². The van der Waals surface area contributed by atoms with Gasteiger partial charge in [0, 0.05) is 12.6 Å². The summed E-state index contributed by atoms with van der Waals surface area (Å²) in [6, 6.07) is 10.9. The predicted molar refractivity (Wildman–Crippen MR) is 116 cm³/mol. The first-order chi connectivity index (χ1) is 14.2. The molecule has 2 aromatic rings. The van der Waals surface area contributed by atoms with E-state index in [9.17, 15) is 14.0 Å². The largest absolute Gasteiger partial charge is 0.484 e. The van der Waals surface area contributed by atoms with E-state index in [0.717, 1.165) is 16.7 Å². The van der Waals surface area contributed by atoms with Crippen LogP contribution in [0, 0.1) is 19.7 Å². The number of hydrogen-bond acceptors (Lipinski definition) is 3. The molecule has 0 aromatic heterocycles. The standard InChI is InChI=1S/C24H31FN2O3/c1-6-22(24(29)26-16(2)3)27(14-19-8-10-20(25)11-9-19)23(28)15-30-21-12-7-17(4)18(5)13-21/h7-13,16,22H,6,14-15H2,1-5H3,(H,26,29)/t22-/m0/s1. The number of carbonyl (C=O) groups is 2. The molecule has 1 N–H and O–H groups in total. The van der Waals surface area contributed by atoms with E-state index in [1.54, 1.807) is 12.1 Å². The lowest BCUT2D eigenvalue weighted by atomic mass is 10.1. The van der Waals surface area contributed by atoms with Crippen LogP contribution in [-0.4, -0.2) is 35.4 Å². The summed E-state index contributed by atoms with van der Waals surface area (Å²) in [5, 5.41) is 2.88. The summed E-state index contributed by atoms with van der Waals surface area (Å²) in [7, 11) is 0. The smallest absolute Gasteiger partial charge is 0.261 e. The highest BCUT2D eigenvalue weighted by Crippen LogP contribution is 2.18. The fourth-order valence-corrected chi connectivity index (χ4v) is 3.12. The molecule has 0 spiro atoms. The van der Waals surface area contributed by atoms with Crippen LogP contribution in [-0.2, 0) is 16.1 Å². The number of benzene rings is 2. The molecule has 162 valence electrons. The van der Waals surface area contributed by atoms with Gasteiger partial charge < -0.3 is 15.0 Å². The Labute approximate surface area is 178 Å². The first-order valence-corrected chi connectivity index (χ1v) is 10.3. The van der Waals surface area contributed by atoms with Gasteiger partial charge in [-0.25, -0.2) is 4.39 Å². The van der Waals surface area contributed by atoms with Crippen molar-refractivity contribution in [2.24, 2.45) is 0 Å². The summed E-state index contributed by atoms with van der Waals surface area (Å²) < 4.78 is 19.0. The summed E-state index contributed by atoms with van der Waals surface area (Å²) in [5.41, 5.74) is 2.96. The molecule has 2 amide bonds. The Bertz CT molecular complexity index is 865. The Hall–Kier alpha value is -2.89. The molecule has 0 aliphatic rings. The molecule has 0 unspecified atom stereocenters. The van der Waals surface area contributed by atoms with Crippen molar-refractivity contribution in [3.05, 3.63) is 65.0 Å². The molecule has 30 heavy (non-hydrogen) atoms. The van der Waals surface area contributed by atoms with E-state index in [2.05, 4.69) is 5.32 Å². The molecule has 6 heteroatoms. The lowest BCUT2D eigenvalue weighted by molar-refractivity contribution is -0.143. The fourth-order valence-electron chi connectivity index (χ4n) is 3.12. The summed E-state index contributed by atoms with van der Waals surface area (Å²) in [6.45, 7) is 9.61. The summed E-state index contributed by atoms with van der Waals surface area (Å²) >= 11 is 0. The van der Waals surface area contributed by atoms with Crippen molar-refractivity contribution in [1.82, 2.24) is 10.2 Å². The zero-order valence-corrected chi connectivity index (χ0v) is 18.4. The van der Waals surface area contributed by atoms with Crippen LogP contribution in [0.15, 0.2) is 42.5 Å². The van der Waals surface area contributed by atoms with E-state index >= 15 is 0 Å². The van der Waals surface area contributed by atoms with Crippen molar-refractivity contribution in [3.8, 4) is 5.75 Å². The molecule has 0 aliphatic heterocycles. The SMILES string of the molecule is CC[C@@H](C(=O)NC(C)C)N(Cc1ccc(F)cc1)C(=O)COc1ccc(C)c(C)c1. The molecule has 2 rings (SSSR count). The van der Waals surface area contributed by atoms with Gasteiger partial charge in [0.1, 0.15) is 17.6 Å². The molecule has 2 aromatic carbocycles. The molecular weight excluding hydrogens is 383 g/mol. The number of nitrogens with zero attached hydrogens (tertiary/aromatic N) is 1. The number of rotatable bonds is 9. The number of aryl methyl sites for hydroxylation is 2. The third kappa shape index (κ3) is 6.58.